The first-order valence-corrected chi connectivity index (χ1v) is 9.78. The lowest BCUT2D eigenvalue weighted by Gasteiger charge is -2.38. The van der Waals surface area contributed by atoms with E-state index < -0.39 is 0 Å². The smallest absolute Gasteiger partial charge is 0.231 e. The second-order valence-corrected chi connectivity index (χ2v) is 7.30. The molecule has 1 saturated heterocycles. The third-order valence-corrected chi connectivity index (χ3v) is 5.39. The SMILES string of the molecule is Cc1cc2ccc(-c3cn[nH]c3)nc2[nH]1.O=CN1CCC1c1cccc2c1OCO2. The van der Waals surface area contributed by atoms with E-state index in [1.165, 1.54) is 0 Å². The average molecular weight is 403 g/mol. The number of hydrogen-bond acceptors (Lipinski definition) is 5. The van der Waals surface area contributed by atoms with Crippen molar-refractivity contribution < 1.29 is 14.3 Å². The minimum Gasteiger partial charge on any atom is -0.454 e. The minimum atomic E-state index is 0.166. The van der Waals surface area contributed by atoms with Crippen molar-refractivity contribution in [2.45, 2.75) is 19.4 Å². The van der Waals surface area contributed by atoms with Crippen molar-refractivity contribution in [1.82, 2.24) is 25.1 Å². The molecule has 1 fully saturated rings. The van der Waals surface area contributed by atoms with E-state index in [4.69, 9.17) is 9.47 Å². The van der Waals surface area contributed by atoms with E-state index >= 15 is 0 Å². The molecule has 1 aromatic carbocycles. The van der Waals surface area contributed by atoms with Gasteiger partial charge >= 0.3 is 0 Å². The van der Waals surface area contributed by atoms with Crippen LogP contribution in [0.4, 0.5) is 0 Å². The molecule has 0 saturated carbocycles. The van der Waals surface area contributed by atoms with Gasteiger partial charge in [-0.1, -0.05) is 12.1 Å². The van der Waals surface area contributed by atoms with E-state index in [9.17, 15) is 4.79 Å². The summed E-state index contributed by atoms with van der Waals surface area (Å²) in [5.74, 6) is 1.58. The number of benzene rings is 1. The Labute approximate surface area is 172 Å². The topological polar surface area (TPSA) is 96.1 Å². The number of aromatic amines is 2. The predicted octanol–water partition coefficient (Wildman–Crippen LogP) is 3.58. The molecule has 3 aromatic heterocycles. The van der Waals surface area contributed by atoms with Crippen LogP contribution in [0, 0.1) is 6.92 Å². The summed E-state index contributed by atoms with van der Waals surface area (Å²) >= 11 is 0. The number of fused-ring (bicyclic) bond motifs is 2. The first-order valence-electron chi connectivity index (χ1n) is 9.78. The van der Waals surface area contributed by atoms with Crippen LogP contribution in [-0.4, -0.2) is 44.8 Å². The van der Waals surface area contributed by atoms with Gasteiger partial charge < -0.3 is 19.4 Å². The molecule has 2 N–H and O–H groups in total. The maximum absolute atomic E-state index is 10.7. The standard InChI is InChI=1S/C11H10N4.C11H11NO3/c1-7-4-8-2-3-10(15-11(8)14-7)9-5-12-13-6-9;13-6-12-5-4-9(12)8-2-1-3-10-11(8)15-7-14-10/h2-6H,1H3,(H,12,13)(H,14,15);1-3,6,9H,4-5,7H2. The number of carbonyl (C=O) groups is 1. The van der Waals surface area contributed by atoms with Crippen LogP contribution in [0.15, 0.2) is 48.8 Å². The van der Waals surface area contributed by atoms with Gasteiger partial charge in [-0.3, -0.25) is 9.89 Å². The Balaban J connectivity index is 0.000000128. The van der Waals surface area contributed by atoms with E-state index in [-0.39, 0.29) is 12.8 Å². The van der Waals surface area contributed by atoms with Crippen LogP contribution in [0.5, 0.6) is 11.5 Å². The molecule has 8 heteroatoms. The number of amides is 1. The lowest BCUT2D eigenvalue weighted by Crippen LogP contribution is -2.39. The Hall–Kier alpha value is -3.81. The number of likely N-dealkylation sites (tertiary alicyclic amines) is 1. The number of carbonyl (C=O) groups excluding carboxylic acids is 1. The molecular formula is C22H21N5O3. The zero-order valence-corrected chi connectivity index (χ0v) is 16.5. The fraction of sp³-hybridized carbons (Fsp3) is 0.227. The summed E-state index contributed by atoms with van der Waals surface area (Å²) in [7, 11) is 0. The van der Waals surface area contributed by atoms with E-state index in [0.29, 0.717) is 0 Å². The fourth-order valence-electron chi connectivity index (χ4n) is 3.78. The van der Waals surface area contributed by atoms with Crippen LogP contribution in [0.2, 0.25) is 0 Å². The highest BCUT2D eigenvalue weighted by Gasteiger charge is 2.32. The molecule has 8 nitrogen and oxygen atoms in total. The van der Waals surface area contributed by atoms with Crippen LogP contribution < -0.4 is 9.47 Å². The largest absolute Gasteiger partial charge is 0.454 e. The summed E-state index contributed by atoms with van der Waals surface area (Å²) in [4.78, 5) is 20.2. The Kier molecular flexibility index (Phi) is 4.59. The van der Waals surface area contributed by atoms with Crippen molar-refractivity contribution in [2.75, 3.05) is 13.3 Å². The van der Waals surface area contributed by atoms with Gasteiger partial charge in [-0.15, -0.1) is 0 Å². The number of aryl methyl sites for hydroxylation is 1. The number of para-hydroxylation sites is 1. The molecule has 1 unspecified atom stereocenters. The molecule has 4 aromatic rings. The molecular weight excluding hydrogens is 382 g/mol. The van der Waals surface area contributed by atoms with Crippen LogP contribution in [-0.2, 0) is 4.79 Å². The molecule has 1 amide bonds. The van der Waals surface area contributed by atoms with E-state index in [0.717, 1.165) is 64.4 Å². The zero-order valence-electron chi connectivity index (χ0n) is 16.5. The summed E-state index contributed by atoms with van der Waals surface area (Å²) in [6, 6.07) is 12.1. The van der Waals surface area contributed by atoms with Crippen LogP contribution in [0.1, 0.15) is 23.7 Å². The number of aromatic nitrogens is 4. The van der Waals surface area contributed by atoms with Gasteiger partial charge in [-0.25, -0.2) is 4.98 Å². The number of H-pyrrole nitrogens is 2. The molecule has 6 rings (SSSR count). The van der Waals surface area contributed by atoms with Crippen molar-refractivity contribution in [3.63, 3.8) is 0 Å². The second-order valence-electron chi connectivity index (χ2n) is 7.30. The Morgan fingerprint density at radius 2 is 2.17 bits per heavy atom. The maximum atomic E-state index is 10.7. The highest BCUT2D eigenvalue weighted by molar-refractivity contribution is 5.79. The van der Waals surface area contributed by atoms with Gasteiger partial charge in [0.1, 0.15) is 5.65 Å². The Morgan fingerprint density at radius 1 is 1.23 bits per heavy atom. The first-order chi connectivity index (χ1) is 14.7. The van der Waals surface area contributed by atoms with Gasteiger partial charge in [0.05, 0.1) is 17.9 Å². The van der Waals surface area contributed by atoms with Crippen LogP contribution in [0.3, 0.4) is 0 Å². The number of nitrogens with zero attached hydrogens (tertiary/aromatic N) is 3. The van der Waals surface area contributed by atoms with E-state index in [2.05, 4.69) is 32.3 Å². The molecule has 5 heterocycles. The molecule has 0 spiro atoms. The maximum Gasteiger partial charge on any atom is 0.231 e. The monoisotopic (exact) mass is 403 g/mol. The summed E-state index contributed by atoms with van der Waals surface area (Å²) in [5.41, 5.74) is 5.04. The van der Waals surface area contributed by atoms with Crippen molar-refractivity contribution >= 4 is 17.4 Å². The van der Waals surface area contributed by atoms with Crippen molar-refractivity contribution in [3.05, 3.63) is 60.0 Å². The van der Waals surface area contributed by atoms with E-state index in [1.54, 1.807) is 11.1 Å². The molecule has 0 radical (unpaired) electrons. The normalized spacial score (nSPS) is 16.7. The second kappa shape index (κ2) is 7.55. The molecule has 2 aliphatic heterocycles. The fourth-order valence-corrected chi connectivity index (χ4v) is 3.78. The molecule has 152 valence electrons. The predicted molar refractivity (Wildman–Crippen MR) is 111 cm³/mol. The summed E-state index contributed by atoms with van der Waals surface area (Å²) in [6.07, 6.45) is 5.50. The number of hydrogen-bond donors (Lipinski definition) is 2. The number of rotatable bonds is 3. The zero-order chi connectivity index (χ0) is 20.5. The van der Waals surface area contributed by atoms with E-state index in [1.807, 2.05) is 37.4 Å². The van der Waals surface area contributed by atoms with Gasteiger partial charge in [0.25, 0.3) is 0 Å². The number of ether oxygens (including phenoxy) is 2. The van der Waals surface area contributed by atoms with Gasteiger partial charge in [0.15, 0.2) is 11.5 Å². The molecule has 0 aliphatic carbocycles. The third kappa shape index (κ3) is 3.26. The Bertz CT molecular complexity index is 1180. The summed E-state index contributed by atoms with van der Waals surface area (Å²) < 4.78 is 10.7. The minimum absolute atomic E-state index is 0.166. The molecule has 2 aliphatic rings. The summed E-state index contributed by atoms with van der Waals surface area (Å²) in [5, 5.41) is 7.83. The highest BCUT2D eigenvalue weighted by Crippen LogP contribution is 2.43. The average Bonchev–Trinajstić information content (AvgIpc) is 3.47. The number of nitrogens with one attached hydrogen (secondary N) is 2. The van der Waals surface area contributed by atoms with Crippen molar-refractivity contribution in [1.29, 1.82) is 0 Å². The van der Waals surface area contributed by atoms with Gasteiger partial charge in [0, 0.05) is 34.9 Å². The molecule has 1 atom stereocenters. The first kappa shape index (κ1) is 18.2. The van der Waals surface area contributed by atoms with Crippen LogP contribution >= 0.6 is 0 Å². The third-order valence-electron chi connectivity index (χ3n) is 5.39. The lowest BCUT2D eigenvalue weighted by atomic mass is 9.94. The van der Waals surface area contributed by atoms with Crippen molar-refractivity contribution in [2.24, 2.45) is 0 Å². The van der Waals surface area contributed by atoms with Gasteiger partial charge in [0.2, 0.25) is 13.2 Å². The lowest BCUT2D eigenvalue weighted by molar-refractivity contribution is -0.125. The summed E-state index contributed by atoms with van der Waals surface area (Å²) in [6.45, 7) is 3.14. The molecule has 30 heavy (non-hydrogen) atoms. The Morgan fingerprint density at radius 3 is 2.93 bits per heavy atom. The highest BCUT2D eigenvalue weighted by atomic mass is 16.7. The van der Waals surface area contributed by atoms with Gasteiger partial charge in [-0.2, -0.15) is 5.10 Å². The van der Waals surface area contributed by atoms with Gasteiger partial charge in [-0.05, 0) is 37.6 Å². The molecule has 0 bridgehead atoms. The quantitative estimate of drug-likeness (QED) is 0.510. The van der Waals surface area contributed by atoms with Crippen molar-refractivity contribution in [3.8, 4) is 22.8 Å². The number of pyridine rings is 1. The van der Waals surface area contributed by atoms with Crippen LogP contribution in [0.25, 0.3) is 22.3 Å².